The second kappa shape index (κ2) is 3.75. The number of rotatable bonds is 2. The molecule has 2 aromatic heterocycles. The summed E-state index contributed by atoms with van der Waals surface area (Å²) in [5.74, 6) is -0.308. The van der Waals surface area contributed by atoms with Gasteiger partial charge in [-0.25, -0.2) is 4.98 Å². The molecule has 3 rings (SSSR count). The lowest BCUT2D eigenvalue weighted by atomic mass is 10.2. The van der Waals surface area contributed by atoms with E-state index in [1.54, 1.807) is 18.3 Å². The Morgan fingerprint density at radius 3 is 3.18 bits per heavy atom. The van der Waals surface area contributed by atoms with E-state index in [0.717, 1.165) is 10.9 Å². The number of H-pyrrole nitrogens is 1. The highest BCUT2D eigenvalue weighted by Gasteiger charge is 2.09. The van der Waals surface area contributed by atoms with E-state index in [1.165, 1.54) is 12.7 Å². The summed E-state index contributed by atoms with van der Waals surface area (Å²) in [7, 11) is 0. The SMILES string of the molecule is O=C(Nc1ccc2cn[nH]c2c1)c1cocn1. The molecule has 1 aromatic carbocycles. The lowest BCUT2D eigenvalue weighted by Crippen LogP contribution is -2.11. The number of aromatic amines is 1. The van der Waals surface area contributed by atoms with Crippen molar-refractivity contribution in [2.75, 3.05) is 5.32 Å². The number of aromatic nitrogens is 3. The molecule has 6 heteroatoms. The normalized spacial score (nSPS) is 10.6. The van der Waals surface area contributed by atoms with Gasteiger partial charge in [0.05, 0.1) is 11.7 Å². The van der Waals surface area contributed by atoms with Crippen molar-refractivity contribution in [2.24, 2.45) is 0 Å². The van der Waals surface area contributed by atoms with Crippen molar-refractivity contribution in [3.63, 3.8) is 0 Å². The van der Waals surface area contributed by atoms with Gasteiger partial charge in [-0.05, 0) is 18.2 Å². The van der Waals surface area contributed by atoms with Gasteiger partial charge in [-0.15, -0.1) is 0 Å². The molecule has 0 aliphatic heterocycles. The first-order valence-corrected chi connectivity index (χ1v) is 4.95. The molecule has 84 valence electrons. The number of carbonyl (C=O) groups is 1. The molecule has 0 aliphatic rings. The molecule has 0 atom stereocenters. The van der Waals surface area contributed by atoms with Crippen molar-refractivity contribution in [3.8, 4) is 0 Å². The summed E-state index contributed by atoms with van der Waals surface area (Å²) >= 11 is 0. The highest BCUT2D eigenvalue weighted by Crippen LogP contribution is 2.16. The Bertz CT molecular complexity index is 657. The largest absolute Gasteiger partial charge is 0.451 e. The molecule has 0 unspecified atom stereocenters. The number of hydrogen-bond donors (Lipinski definition) is 2. The number of fused-ring (bicyclic) bond motifs is 1. The standard InChI is InChI=1S/C11H8N4O2/c16-11(10-5-17-6-12-10)14-8-2-1-7-4-13-15-9(7)3-8/h1-6H,(H,13,15)(H,14,16). The number of hydrogen-bond acceptors (Lipinski definition) is 4. The van der Waals surface area contributed by atoms with E-state index >= 15 is 0 Å². The van der Waals surface area contributed by atoms with Crippen LogP contribution in [0.4, 0.5) is 5.69 Å². The molecule has 6 nitrogen and oxygen atoms in total. The molecular weight excluding hydrogens is 220 g/mol. The fourth-order valence-electron chi connectivity index (χ4n) is 1.53. The first kappa shape index (κ1) is 9.59. The molecule has 0 aliphatic carbocycles. The number of oxazole rings is 1. The summed E-state index contributed by atoms with van der Waals surface area (Å²) in [4.78, 5) is 15.5. The lowest BCUT2D eigenvalue weighted by Gasteiger charge is -2.02. The maximum absolute atomic E-state index is 11.7. The third-order valence-corrected chi connectivity index (χ3v) is 2.36. The van der Waals surface area contributed by atoms with Crippen LogP contribution in [0.15, 0.2) is 41.5 Å². The quantitative estimate of drug-likeness (QED) is 0.700. The Morgan fingerprint density at radius 1 is 1.41 bits per heavy atom. The zero-order chi connectivity index (χ0) is 11.7. The number of benzene rings is 1. The number of anilines is 1. The molecule has 3 aromatic rings. The summed E-state index contributed by atoms with van der Waals surface area (Å²) in [6.07, 6.45) is 4.23. The van der Waals surface area contributed by atoms with Crippen molar-refractivity contribution in [1.82, 2.24) is 15.2 Å². The molecule has 0 spiro atoms. The Balaban J connectivity index is 1.87. The number of nitrogens with one attached hydrogen (secondary N) is 2. The molecule has 0 radical (unpaired) electrons. The molecule has 0 saturated heterocycles. The van der Waals surface area contributed by atoms with Crippen LogP contribution in [0, 0.1) is 0 Å². The zero-order valence-electron chi connectivity index (χ0n) is 8.68. The second-order valence-electron chi connectivity index (χ2n) is 3.50. The van der Waals surface area contributed by atoms with Crippen molar-refractivity contribution in [3.05, 3.63) is 42.7 Å². The van der Waals surface area contributed by atoms with Gasteiger partial charge in [0.15, 0.2) is 12.1 Å². The van der Waals surface area contributed by atoms with Crippen molar-refractivity contribution in [2.45, 2.75) is 0 Å². The van der Waals surface area contributed by atoms with Gasteiger partial charge in [-0.3, -0.25) is 9.89 Å². The highest BCUT2D eigenvalue weighted by atomic mass is 16.3. The van der Waals surface area contributed by atoms with Gasteiger partial charge in [0.2, 0.25) is 0 Å². The maximum atomic E-state index is 11.7. The van der Waals surface area contributed by atoms with Gasteiger partial charge >= 0.3 is 0 Å². The summed E-state index contributed by atoms with van der Waals surface area (Å²) in [5, 5.41) is 10.4. The molecule has 1 amide bonds. The third-order valence-electron chi connectivity index (χ3n) is 2.36. The van der Waals surface area contributed by atoms with Crippen LogP contribution < -0.4 is 5.32 Å². The van der Waals surface area contributed by atoms with E-state index in [2.05, 4.69) is 20.5 Å². The van der Waals surface area contributed by atoms with E-state index in [0.29, 0.717) is 5.69 Å². The Kier molecular flexibility index (Phi) is 2.11. The Hall–Kier alpha value is -2.63. The van der Waals surface area contributed by atoms with Gasteiger partial charge < -0.3 is 9.73 Å². The predicted octanol–water partition coefficient (Wildman–Crippen LogP) is 1.80. The first-order chi connectivity index (χ1) is 8.33. The Morgan fingerprint density at radius 2 is 2.35 bits per heavy atom. The van der Waals surface area contributed by atoms with E-state index in [9.17, 15) is 4.79 Å². The van der Waals surface area contributed by atoms with Crippen molar-refractivity contribution >= 4 is 22.5 Å². The summed E-state index contributed by atoms with van der Waals surface area (Å²) in [6.45, 7) is 0. The van der Waals surface area contributed by atoms with E-state index in [4.69, 9.17) is 4.42 Å². The molecule has 17 heavy (non-hydrogen) atoms. The molecular formula is C11H8N4O2. The summed E-state index contributed by atoms with van der Waals surface area (Å²) in [5.41, 5.74) is 1.78. The fourth-order valence-corrected chi connectivity index (χ4v) is 1.53. The van der Waals surface area contributed by atoms with Crippen LogP contribution in [0.25, 0.3) is 10.9 Å². The number of carbonyl (C=O) groups excluding carboxylic acids is 1. The third kappa shape index (κ3) is 1.76. The van der Waals surface area contributed by atoms with Gasteiger partial charge in [-0.2, -0.15) is 5.10 Å². The minimum absolute atomic E-state index is 0.245. The first-order valence-electron chi connectivity index (χ1n) is 4.95. The topological polar surface area (TPSA) is 83.8 Å². The molecule has 0 saturated carbocycles. The van der Waals surface area contributed by atoms with Crippen LogP contribution in [0.3, 0.4) is 0 Å². The van der Waals surface area contributed by atoms with Crippen molar-refractivity contribution < 1.29 is 9.21 Å². The number of amides is 1. The monoisotopic (exact) mass is 228 g/mol. The van der Waals surface area contributed by atoms with E-state index in [1.807, 2.05) is 6.07 Å². The van der Waals surface area contributed by atoms with E-state index < -0.39 is 0 Å². The average molecular weight is 228 g/mol. The van der Waals surface area contributed by atoms with Gasteiger partial charge in [-0.1, -0.05) is 0 Å². The minimum Gasteiger partial charge on any atom is -0.451 e. The Labute approximate surface area is 95.7 Å². The second-order valence-corrected chi connectivity index (χ2v) is 3.50. The predicted molar refractivity (Wildman–Crippen MR) is 60.5 cm³/mol. The molecule has 0 bridgehead atoms. The van der Waals surface area contributed by atoms with Crippen LogP contribution in [0.5, 0.6) is 0 Å². The fraction of sp³-hybridized carbons (Fsp3) is 0. The van der Waals surface area contributed by atoms with Gasteiger partial charge in [0.25, 0.3) is 5.91 Å². The smallest absolute Gasteiger partial charge is 0.277 e. The minimum atomic E-state index is -0.308. The average Bonchev–Trinajstić information content (AvgIpc) is 2.99. The number of nitrogens with zero attached hydrogens (tertiary/aromatic N) is 2. The molecule has 2 heterocycles. The maximum Gasteiger partial charge on any atom is 0.277 e. The molecule has 2 N–H and O–H groups in total. The summed E-state index contributed by atoms with van der Waals surface area (Å²) in [6, 6.07) is 5.48. The van der Waals surface area contributed by atoms with Crippen LogP contribution >= 0.6 is 0 Å². The highest BCUT2D eigenvalue weighted by molar-refractivity contribution is 6.03. The lowest BCUT2D eigenvalue weighted by molar-refractivity contribution is 0.102. The van der Waals surface area contributed by atoms with Gasteiger partial charge in [0, 0.05) is 11.1 Å². The van der Waals surface area contributed by atoms with Crippen LogP contribution in [-0.4, -0.2) is 21.1 Å². The van der Waals surface area contributed by atoms with E-state index in [-0.39, 0.29) is 11.6 Å². The van der Waals surface area contributed by atoms with Crippen LogP contribution in [0.2, 0.25) is 0 Å². The zero-order valence-corrected chi connectivity index (χ0v) is 8.68. The van der Waals surface area contributed by atoms with Crippen molar-refractivity contribution in [1.29, 1.82) is 0 Å². The van der Waals surface area contributed by atoms with Gasteiger partial charge in [0.1, 0.15) is 6.26 Å². The molecule has 0 fully saturated rings. The van der Waals surface area contributed by atoms with Crippen LogP contribution in [0.1, 0.15) is 10.5 Å². The summed E-state index contributed by atoms with van der Waals surface area (Å²) < 4.78 is 4.74. The van der Waals surface area contributed by atoms with Crippen LogP contribution in [-0.2, 0) is 0 Å².